The maximum absolute atomic E-state index is 12.8. The van der Waals surface area contributed by atoms with Crippen LogP contribution in [0.5, 0.6) is 5.88 Å². The summed E-state index contributed by atoms with van der Waals surface area (Å²) in [5, 5.41) is 11.9. The minimum atomic E-state index is -0.184. The third-order valence-electron chi connectivity index (χ3n) is 4.85. The number of nitrogens with zero attached hydrogens (tertiary/aromatic N) is 4. The van der Waals surface area contributed by atoms with Gasteiger partial charge in [-0.25, -0.2) is 4.68 Å². The molecule has 1 aliphatic heterocycles. The fraction of sp³-hybridized carbons (Fsp3) is 0.611. The molecule has 0 saturated heterocycles. The van der Waals surface area contributed by atoms with Gasteiger partial charge in [-0.3, -0.25) is 9.48 Å². The largest absolute Gasteiger partial charge is 0.481 e. The fourth-order valence-corrected chi connectivity index (χ4v) is 3.80. The first kappa shape index (κ1) is 18.4. The average Bonchev–Trinajstić information content (AvgIpc) is 3.08. The summed E-state index contributed by atoms with van der Waals surface area (Å²) >= 11 is 0. The SMILES string of the molecule is CCc1nn(C)c(OC)c1CNC(=O)c1nn(C)c2c1C[C@H](C)O[C@@H]2C. The van der Waals surface area contributed by atoms with E-state index < -0.39 is 0 Å². The van der Waals surface area contributed by atoms with Crippen LogP contribution in [0.2, 0.25) is 0 Å². The number of hydrogen-bond donors (Lipinski definition) is 1. The molecular weight excluding hydrogens is 334 g/mol. The van der Waals surface area contributed by atoms with E-state index in [0.29, 0.717) is 24.5 Å². The summed E-state index contributed by atoms with van der Waals surface area (Å²) in [6.45, 7) is 6.39. The van der Waals surface area contributed by atoms with Gasteiger partial charge in [-0.2, -0.15) is 10.2 Å². The van der Waals surface area contributed by atoms with Crippen molar-refractivity contribution < 1.29 is 14.3 Å². The van der Waals surface area contributed by atoms with Crippen LogP contribution in [0.25, 0.3) is 0 Å². The van der Waals surface area contributed by atoms with E-state index >= 15 is 0 Å². The molecule has 8 nitrogen and oxygen atoms in total. The van der Waals surface area contributed by atoms with Crippen LogP contribution in [-0.4, -0.2) is 38.7 Å². The molecule has 26 heavy (non-hydrogen) atoms. The van der Waals surface area contributed by atoms with Crippen molar-refractivity contribution in [2.24, 2.45) is 14.1 Å². The average molecular weight is 361 g/mol. The highest BCUT2D eigenvalue weighted by Crippen LogP contribution is 2.31. The summed E-state index contributed by atoms with van der Waals surface area (Å²) in [5.41, 5.74) is 4.25. The number of hydrogen-bond acceptors (Lipinski definition) is 5. The van der Waals surface area contributed by atoms with E-state index in [0.717, 1.165) is 28.9 Å². The second kappa shape index (κ2) is 7.11. The Morgan fingerprint density at radius 1 is 1.31 bits per heavy atom. The number of methoxy groups -OCH3 is 1. The van der Waals surface area contributed by atoms with E-state index in [4.69, 9.17) is 9.47 Å². The molecule has 0 bridgehead atoms. The van der Waals surface area contributed by atoms with Crippen molar-refractivity contribution in [1.29, 1.82) is 0 Å². The summed E-state index contributed by atoms with van der Waals surface area (Å²) in [4.78, 5) is 12.8. The standard InChI is InChI=1S/C18H27N5O3/c1-7-14-13(18(25-6)23(5)20-14)9-19-17(24)15-12-8-10(2)26-11(3)16(12)22(4)21-15/h10-11H,7-9H2,1-6H3,(H,19,24)/t10-,11+/m0/s1. The summed E-state index contributed by atoms with van der Waals surface area (Å²) in [7, 11) is 5.30. The highest BCUT2D eigenvalue weighted by Gasteiger charge is 2.31. The van der Waals surface area contributed by atoms with E-state index in [9.17, 15) is 4.79 Å². The molecule has 2 aromatic rings. The van der Waals surface area contributed by atoms with Gasteiger partial charge in [0.1, 0.15) is 0 Å². The molecule has 3 heterocycles. The summed E-state index contributed by atoms with van der Waals surface area (Å²) in [6.07, 6.45) is 1.46. The molecule has 2 aromatic heterocycles. The zero-order chi connectivity index (χ0) is 19.0. The number of carbonyl (C=O) groups is 1. The molecule has 1 aliphatic rings. The van der Waals surface area contributed by atoms with Crippen LogP contribution >= 0.6 is 0 Å². The highest BCUT2D eigenvalue weighted by atomic mass is 16.5. The lowest BCUT2D eigenvalue weighted by molar-refractivity contribution is -0.00903. The molecule has 1 N–H and O–H groups in total. The molecule has 8 heteroatoms. The predicted octanol–water partition coefficient (Wildman–Crippen LogP) is 1.68. The van der Waals surface area contributed by atoms with Gasteiger partial charge in [0.2, 0.25) is 5.88 Å². The van der Waals surface area contributed by atoms with Crippen LogP contribution in [-0.2, 0) is 38.2 Å². The lowest BCUT2D eigenvalue weighted by atomic mass is 9.99. The van der Waals surface area contributed by atoms with Gasteiger partial charge in [-0.15, -0.1) is 0 Å². The van der Waals surface area contributed by atoms with Crippen molar-refractivity contribution in [2.75, 3.05) is 7.11 Å². The van der Waals surface area contributed by atoms with Crippen LogP contribution in [0.15, 0.2) is 0 Å². The molecule has 0 aliphatic carbocycles. The zero-order valence-electron chi connectivity index (χ0n) is 16.3. The minimum Gasteiger partial charge on any atom is -0.481 e. The summed E-state index contributed by atoms with van der Waals surface area (Å²) < 4.78 is 14.7. The maximum atomic E-state index is 12.8. The molecule has 142 valence electrons. The van der Waals surface area contributed by atoms with Crippen molar-refractivity contribution >= 4 is 5.91 Å². The second-order valence-electron chi connectivity index (χ2n) is 6.72. The molecule has 0 unspecified atom stereocenters. The molecule has 1 amide bonds. The van der Waals surface area contributed by atoms with Crippen molar-refractivity contribution in [2.45, 2.75) is 52.4 Å². The van der Waals surface area contributed by atoms with Crippen molar-refractivity contribution in [3.05, 3.63) is 28.2 Å². The minimum absolute atomic E-state index is 0.0679. The Morgan fingerprint density at radius 2 is 2.04 bits per heavy atom. The summed E-state index contributed by atoms with van der Waals surface area (Å²) in [6, 6.07) is 0. The Bertz CT molecular complexity index is 823. The zero-order valence-corrected chi connectivity index (χ0v) is 16.3. The van der Waals surface area contributed by atoms with Crippen LogP contribution in [0, 0.1) is 0 Å². The number of aromatic nitrogens is 4. The first-order valence-corrected chi connectivity index (χ1v) is 8.95. The number of fused-ring (bicyclic) bond motifs is 1. The van der Waals surface area contributed by atoms with E-state index in [2.05, 4.69) is 15.5 Å². The van der Waals surface area contributed by atoms with Gasteiger partial charge in [0.25, 0.3) is 5.91 Å². The lowest BCUT2D eigenvalue weighted by Crippen LogP contribution is -2.27. The lowest BCUT2D eigenvalue weighted by Gasteiger charge is -2.26. The number of ether oxygens (including phenoxy) is 2. The third kappa shape index (κ3) is 3.09. The molecule has 0 radical (unpaired) electrons. The normalized spacial score (nSPS) is 19.3. The van der Waals surface area contributed by atoms with E-state index in [1.54, 1.807) is 16.5 Å². The Kier molecular flexibility index (Phi) is 5.04. The molecule has 2 atom stereocenters. The highest BCUT2D eigenvalue weighted by molar-refractivity contribution is 5.94. The van der Waals surface area contributed by atoms with Gasteiger partial charge < -0.3 is 14.8 Å². The Hall–Kier alpha value is -2.35. The Balaban J connectivity index is 1.84. The van der Waals surface area contributed by atoms with Gasteiger partial charge in [0, 0.05) is 26.1 Å². The molecule has 0 saturated carbocycles. The molecular formula is C18H27N5O3. The first-order chi connectivity index (χ1) is 12.4. The summed E-state index contributed by atoms with van der Waals surface area (Å²) in [5.74, 6) is 0.483. The Morgan fingerprint density at radius 3 is 2.69 bits per heavy atom. The first-order valence-electron chi connectivity index (χ1n) is 8.95. The quantitative estimate of drug-likeness (QED) is 0.876. The smallest absolute Gasteiger partial charge is 0.272 e. The molecule has 0 aromatic carbocycles. The molecule has 3 rings (SSSR count). The van der Waals surface area contributed by atoms with Gasteiger partial charge >= 0.3 is 0 Å². The third-order valence-corrected chi connectivity index (χ3v) is 4.85. The van der Waals surface area contributed by atoms with E-state index in [-0.39, 0.29) is 18.1 Å². The monoisotopic (exact) mass is 361 g/mol. The van der Waals surface area contributed by atoms with Gasteiger partial charge in [0.05, 0.1) is 42.8 Å². The van der Waals surface area contributed by atoms with Crippen molar-refractivity contribution in [3.63, 3.8) is 0 Å². The molecule has 0 fully saturated rings. The number of aryl methyl sites for hydroxylation is 3. The van der Waals surface area contributed by atoms with Crippen LogP contribution in [0.3, 0.4) is 0 Å². The van der Waals surface area contributed by atoms with Crippen LogP contribution < -0.4 is 10.1 Å². The van der Waals surface area contributed by atoms with Gasteiger partial charge in [0.15, 0.2) is 5.69 Å². The molecule has 0 spiro atoms. The maximum Gasteiger partial charge on any atom is 0.272 e. The van der Waals surface area contributed by atoms with E-state index in [1.807, 2.05) is 34.9 Å². The van der Waals surface area contributed by atoms with E-state index in [1.165, 1.54) is 0 Å². The van der Waals surface area contributed by atoms with Crippen LogP contribution in [0.1, 0.15) is 59.9 Å². The van der Waals surface area contributed by atoms with Crippen molar-refractivity contribution in [3.8, 4) is 5.88 Å². The van der Waals surface area contributed by atoms with Gasteiger partial charge in [-0.1, -0.05) is 6.92 Å². The topological polar surface area (TPSA) is 83.2 Å². The fourth-order valence-electron chi connectivity index (χ4n) is 3.80. The van der Waals surface area contributed by atoms with Gasteiger partial charge in [-0.05, 0) is 20.3 Å². The number of carbonyl (C=O) groups excluding carboxylic acids is 1. The van der Waals surface area contributed by atoms with Crippen LogP contribution in [0.4, 0.5) is 0 Å². The second-order valence-corrected chi connectivity index (χ2v) is 6.72. The predicted molar refractivity (Wildman–Crippen MR) is 96.2 cm³/mol. The number of rotatable bonds is 5. The number of nitrogens with one attached hydrogen (secondary N) is 1. The number of amides is 1. The Labute approximate surface area is 153 Å². The van der Waals surface area contributed by atoms with Crippen molar-refractivity contribution in [1.82, 2.24) is 24.9 Å².